The lowest BCUT2D eigenvalue weighted by Gasteiger charge is -2.11. The maximum Gasteiger partial charge on any atom is 0.220 e. The van der Waals surface area contributed by atoms with E-state index in [1.165, 1.54) is 4.90 Å². The Morgan fingerprint density at radius 3 is 2.54 bits per heavy atom. The first-order valence-corrected chi connectivity index (χ1v) is 9.51. The summed E-state index contributed by atoms with van der Waals surface area (Å²) in [5.41, 5.74) is 2.10. The summed E-state index contributed by atoms with van der Waals surface area (Å²) < 4.78 is 10.7. The van der Waals surface area contributed by atoms with Crippen molar-refractivity contribution in [1.29, 1.82) is 0 Å². The first-order valence-electron chi connectivity index (χ1n) is 8.29. The van der Waals surface area contributed by atoms with Gasteiger partial charge in [0.25, 0.3) is 0 Å². The minimum atomic E-state index is 0.0190. The third-order valence-corrected chi connectivity index (χ3v) is 4.57. The van der Waals surface area contributed by atoms with Crippen LogP contribution < -0.4 is 14.8 Å². The molecule has 0 aliphatic rings. The molecule has 0 spiro atoms. The molecule has 0 saturated carbocycles. The van der Waals surface area contributed by atoms with Crippen molar-refractivity contribution >= 4 is 17.7 Å². The number of aryl methyl sites for hydroxylation is 1. The summed E-state index contributed by atoms with van der Waals surface area (Å²) in [5, 5.41) is 2.95. The Morgan fingerprint density at radius 2 is 1.88 bits per heavy atom. The van der Waals surface area contributed by atoms with Crippen LogP contribution in [-0.4, -0.2) is 25.9 Å². The molecular weight excluding hydrogens is 346 g/mol. The van der Waals surface area contributed by atoms with Gasteiger partial charge in [-0.1, -0.05) is 24.1 Å². The zero-order valence-corrected chi connectivity index (χ0v) is 15.9. The summed E-state index contributed by atoms with van der Waals surface area (Å²) in [6, 6.07) is 13.8. The van der Waals surface area contributed by atoms with Crippen LogP contribution in [0.3, 0.4) is 0 Å². The van der Waals surface area contributed by atoms with Gasteiger partial charge in [0.05, 0.1) is 7.11 Å². The van der Waals surface area contributed by atoms with Crippen molar-refractivity contribution in [2.75, 3.05) is 20.0 Å². The Morgan fingerprint density at radius 1 is 1.15 bits per heavy atom. The average Bonchev–Trinajstić information content (AvgIpc) is 2.69. The molecule has 0 radical (unpaired) electrons. The maximum absolute atomic E-state index is 12.1. The number of hydrogen-bond donors (Lipinski definition) is 1. The van der Waals surface area contributed by atoms with E-state index in [1.807, 2.05) is 36.6 Å². The van der Waals surface area contributed by atoms with Crippen molar-refractivity contribution < 1.29 is 14.3 Å². The largest absolute Gasteiger partial charge is 0.493 e. The van der Waals surface area contributed by atoms with Crippen LogP contribution in [0.5, 0.6) is 11.5 Å². The lowest BCUT2D eigenvalue weighted by Crippen LogP contribution is -2.22. The molecule has 0 fully saturated rings. The molecule has 0 aromatic heterocycles. The van der Waals surface area contributed by atoms with Gasteiger partial charge in [-0.25, -0.2) is 0 Å². The predicted octanol–water partition coefficient (Wildman–Crippen LogP) is 3.68. The Balaban J connectivity index is 1.83. The summed E-state index contributed by atoms with van der Waals surface area (Å²) >= 11 is 1.70. The number of hydrogen-bond acceptors (Lipinski definition) is 4. The molecule has 0 aliphatic carbocycles. The van der Waals surface area contributed by atoms with Crippen molar-refractivity contribution in [3.05, 3.63) is 53.6 Å². The van der Waals surface area contributed by atoms with Crippen LogP contribution in [0.1, 0.15) is 17.5 Å². The summed E-state index contributed by atoms with van der Waals surface area (Å²) in [6.07, 6.45) is 8.28. The van der Waals surface area contributed by atoms with Gasteiger partial charge in [-0.3, -0.25) is 4.79 Å². The van der Waals surface area contributed by atoms with Crippen molar-refractivity contribution in [2.45, 2.75) is 24.3 Å². The van der Waals surface area contributed by atoms with Crippen LogP contribution >= 0.6 is 11.8 Å². The Hall–Kier alpha value is -2.58. The zero-order chi connectivity index (χ0) is 18.8. The molecule has 2 aromatic rings. The molecule has 0 atom stereocenters. The molecule has 0 heterocycles. The van der Waals surface area contributed by atoms with Crippen molar-refractivity contribution in [3.8, 4) is 23.8 Å². The monoisotopic (exact) mass is 369 g/mol. The predicted molar refractivity (Wildman–Crippen MR) is 106 cm³/mol. The topological polar surface area (TPSA) is 47.6 Å². The number of benzene rings is 2. The molecule has 0 unspecified atom stereocenters. The van der Waals surface area contributed by atoms with Gasteiger partial charge in [-0.15, -0.1) is 18.2 Å². The van der Waals surface area contributed by atoms with E-state index < -0.39 is 0 Å². The summed E-state index contributed by atoms with van der Waals surface area (Å²) in [5.74, 6) is 3.66. The van der Waals surface area contributed by atoms with E-state index in [4.69, 9.17) is 15.9 Å². The molecule has 1 N–H and O–H groups in total. The third-order valence-electron chi connectivity index (χ3n) is 3.83. The van der Waals surface area contributed by atoms with Crippen LogP contribution in [0.2, 0.25) is 0 Å². The molecule has 26 heavy (non-hydrogen) atoms. The first-order chi connectivity index (χ1) is 12.7. The highest BCUT2D eigenvalue weighted by Gasteiger charge is 2.08. The fourth-order valence-corrected chi connectivity index (χ4v) is 2.80. The van der Waals surface area contributed by atoms with Crippen molar-refractivity contribution in [1.82, 2.24) is 5.32 Å². The van der Waals surface area contributed by atoms with Gasteiger partial charge in [0.2, 0.25) is 5.91 Å². The normalized spacial score (nSPS) is 10.0. The molecule has 2 aromatic carbocycles. The molecule has 0 aliphatic heterocycles. The lowest BCUT2D eigenvalue weighted by atomic mass is 10.1. The fourth-order valence-electron chi connectivity index (χ4n) is 2.40. The van der Waals surface area contributed by atoms with Crippen LogP contribution in [0.4, 0.5) is 0 Å². The second-order valence-corrected chi connectivity index (χ2v) is 6.48. The standard InChI is InChI=1S/C21H23NO3S/c1-4-13-25-19-11-7-16(14-20(19)24-2)8-12-21(23)22-15-17-5-9-18(26-3)10-6-17/h1,5-7,9-11,14H,8,12-13,15H2,2-3H3,(H,22,23). The van der Waals surface area contributed by atoms with E-state index in [0.29, 0.717) is 30.9 Å². The van der Waals surface area contributed by atoms with E-state index >= 15 is 0 Å². The van der Waals surface area contributed by atoms with E-state index in [1.54, 1.807) is 18.9 Å². The van der Waals surface area contributed by atoms with Gasteiger partial charge < -0.3 is 14.8 Å². The molecule has 5 heteroatoms. The van der Waals surface area contributed by atoms with Crippen LogP contribution in [0, 0.1) is 12.3 Å². The van der Waals surface area contributed by atoms with Gasteiger partial charge in [-0.05, 0) is 48.1 Å². The minimum Gasteiger partial charge on any atom is -0.493 e. The van der Waals surface area contributed by atoms with E-state index in [9.17, 15) is 4.79 Å². The smallest absolute Gasteiger partial charge is 0.220 e. The van der Waals surface area contributed by atoms with Gasteiger partial charge in [-0.2, -0.15) is 0 Å². The molecular formula is C21H23NO3S. The average molecular weight is 369 g/mol. The minimum absolute atomic E-state index is 0.0190. The quantitative estimate of drug-likeness (QED) is 0.541. The van der Waals surface area contributed by atoms with Crippen LogP contribution in [0.15, 0.2) is 47.4 Å². The number of carbonyl (C=O) groups is 1. The number of amides is 1. The van der Waals surface area contributed by atoms with Crippen molar-refractivity contribution in [3.63, 3.8) is 0 Å². The van der Waals surface area contributed by atoms with Gasteiger partial charge in [0.1, 0.15) is 6.61 Å². The molecule has 0 bridgehead atoms. The molecule has 1 amide bonds. The number of carbonyl (C=O) groups excluding carboxylic acids is 1. The van der Waals surface area contributed by atoms with E-state index in [-0.39, 0.29) is 12.5 Å². The molecule has 2 rings (SSSR count). The van der Waals surface area contributed by atoms with E-state index in [2.05, 4.69) is 23.4 Å². The second kappa shape index (κ2) is 10.4. The summed E-state index contributed by atoms with van der Waals surface area (Å²) in [7, 11) is 1.58. The molecule has 136 valence electrons. The fraction of sp³-hybridized carbons (Fsp3) is 0.286. The number of nitrogens with one attached hydrogen (secondary N) is 1. The Labute approximate surface area is 159 Å². The highest BCUT2D eigenvalue weighted by atomic mass is 32.2. The number of ether oxygens (including phenoxy) is 2. The van der Waals surface area contributed by atoms with Crippen LogP contribution in [-0.2, 0) is 17.8 Å². The SMILES string of the molecule is C#CCOc1ccc(CCC(=O)NCc2ccc(SC)cc2)cc1OC. The van der Waals surface area contributed by atoms with Crippen molar-refractivity contribution in [2.24, 2.45) is 0 Å². The zero-order valence-electron chi connectivity index (χ0n) is 15.1. The summed E-state index contributed by atoms with van der Waals surface area (Å²) in [4.78, 5) is 13.3. The maximum atomic E-state index is 12.1. The molecule has 4 nitrogen and oxygen atoms in total. The number of rotatable bonds is 9. The Bertz CT molecular complexity index is 766. The van der Waals surface area contributed by atoms with Crippen LogP contribution in [0.25, 0.3) is 0 Å². The summed E-state index contributed by atoms with van der Waals surface area (Å²) in [6.45, 7) is 0.728. The molecule has 0 saturated heterocycles. The highest BCUT2D eigenvalue weighted by Crippen LogP contribution is 2.28. The Kier molecular flexibility index (Phi) is 7.91. The van der Waals surface area contributed by atoms with Gasteiger partial charge >= 0.3 is 0 Å². The van der Waals surface area contributed by atoms with Gasteiger partial charge in [0, 0.05) is 17.9 Å². The highest BCUT2D eigenvalue weighted by molar-refractivity contribution is 7.98. The number of thioether (sulfide) groups is 1. The third kappa shape index (κ3) is 6.05. The first kappa shape index (κ1) is 19.7. The van der Waals surface area contributed by atoms with E-state index in [0.717, 1.165) is 11.1 Å². The second-order valence-electron chi connectivity index (χ2n) is 5.60. The lowest BCUT2D eigenvalue weighted by molar-refractivity contribution is -0.121. The van der Waals surface area contributed by atoms with Gasteiger partial charge in [0.15, 0.2) is 11.5 Å². The number of methoxy groups -OCH3 is 1. The number of terminal acetylenes is 1.